The molecule has 0 bridgehead atoms. The number of hydrogen-bond acceptors (Lipinski definition) is 4. The van der Waals surface area contributed by atoms with Gasteiger partial charge in [-0.1, -0.05) is 0 Å². The summed E-state index contributed by atoms with van der Waals surface area (Å²) >= 11 is 0. The van der Waals surface area contributed by atoms with Crippen LogP contribution in [0.25, 0.3) is 11.0 Å². The molecule has 3 rings (SSSR count). The molecule has 1 atom stereocenters. The number of pyridine rings is 1. The lowest BCUT2D eigenvalue weighted by Gasteiger charge is -2.22. The van der Waals surface area contributed by atoms with Crippen LogP contribution in [0, 0.1) is 0 Å². The molecule has 0 radical (unpaired) electrons. The van der Waals surface area contributed by atoms with Crippen LogP contribution in [-0.2, 0) is 4.79 Å². The van der Waals surface area contributed by atoms with Gasteiger partial charge in [0.25, 0.3) is 0 Å². The van der Waals surface area contributed by atoms with E-state index in [1.165, 1.54) is 0 Å². The Morgan fingerprint density at radius 3 is 2.95 bits per heavy atom. The summed E-state index contributed by atoms with van der Waals surface area (Å²) in [4.78, 5) is 16.8. The summed E-state index contributed by atoms with van der Waals surface area (Å²) in [6.07, 6.45) is 5.37. The Hall–Kier alpha value is -1.95. The molecule has 0 spiro atoms. The zero-order valence-electron chi connectivity index (χ0n) is 12.7. The number of hydrogen-bond donors (Lipinski definition) is 2. The van der Waals surface area contributed by atoms with E-state index in [-0.39, 0.29) is 11.9 Å². The van der Waals surface area contributed by atoms with Crippen molar-refractivity contribution in [2.24, 2.45) is 0 Å². The predicted molar refractivity (Wildman–Crippen MR) is 82.2 cm³/mol. The minimum absolute atomic E-state index is 0.00241. The van der Waals surface area contributed by atoms with Crippen molar-refractivity contribution in [3.8, 4) is 0 Å². The third-order valence-corrected chi connectivity index (χ3v) is 4.05. The van der Waals surface area contributed by atoms with Crippen molar-refractivity contribution < 1.29 is 4.79 Å². The molecule has 1 amide bonds. The Morgan fingerprint density at radius 1 is 1.48 bits per heavy atom. The van der Waals surface area contributed by atoms with Gasteiger partial charge in [-0.25, -0.2) is 9.67 Å². The van der Waals surface area contributed by atoms with E-state index in [1.54, 1.807) is 12.4 Å². The Bertz CT molecular complexity index is 670. The largest absolute Gasteiger partial charge is 0.323 e. The zero-order chi connectivity index (χ0) is 15.0. The van der Waals surface area contributed by atoms with Gasteiger partial charge in [0.1, 0.15) is 0 Å². The van der Waals surface area contributed by atoms with Crippen LogP contribution >= 0.6 is 0 Å². The number of amides is 1. The van der Waals surface area contributed by atoms with E-state index in [1.807, 2.05) is 17.7 Å². The first-order valence-electron chi connectivity index (χ1n) is 7.39. The topological polar surface area (TPSA) is 71.8 Å². The molecule has 2 aromatic rings. The van der Waals surface area contributed by atoms with Gasteiger partial charge in [-0.15, -0.1) is 0 Å². The highest BCUT2D eigenvalue weighted by atomic mass is 16.2. The second kappa shape index (κ2) is 5.11. The number of carbonyl (C=O) groups is 1. The molecule has 1 unspecified atom stereocenters. The van der Waals surface area contributed by atoms with Crippen LogP contribution in [0.2, 0.25) is 0 Å². The molecule has 3 heterocycles. The molecule has 1 aliphatic rings. The van der Waals surface area contributed by atoms with E-state index in [0.717, 1.165) is 30.4 Å². The molecular weight excluding hydrogens is 266 g/mol. The van der Waals surface area contributed by atoms with Crippen molar-refractivity contribution >= 4 is 22.6 Å². The maximum Gasteiger partial charge on any atom is 0.244 e. The lowest BCUT2D eigenvalue weighted by molar-refractivity contribution is -0.121. The fraction of sp³-hybridized carbons (Fsp3) is 0.533. The smallest absolute Gasteiger partial charge is 0.244 e. The Labute approximate surface area is 123 Å². The molecule has 112 valence electrons. The quantitative estimate of drug-likeness (QED) is 0.906. The summed E-state index contributed by atoms with van der Waals surface area (Å²) in [5.74, 6) is -0.00241. The van der Waals surface area contributed by atoms with Crippen molar-refractivity contribution in [2.45, 2.75) is 45.2 Å². The third kappa shape index (κ3) is 2.51. The summed E-state index contributed by atoms with van der Waals surface area (Å²) in [5, 5.41) is 11.5. The van der Waals surface area contributed by atoms with E-state index in [9.17, 15) is 4.79 Å². The molecule has 1 saturated heterocycles. The van der Waals surface area contributed by atoms with Crippen LogP contribution in [0.5, 0.6) is 0 Å². The van der Waals surface area contributed by atoms with Crippen LogP contribution < -0.4 is 10.6 Å². The summed E-state index contributed by atoms with van der Waals surface area (Å²) in [6.45, 7) is 6.97. The summed E-state index contributed by atoms with van der Waals surface area (Å²) < 4.78 is 1.88. The first kappa shape index (κ1) is 14.0. The highest BCUT2D eigenvalue weighted by Crippen LogP contribution is 2.23. The Kier molecular flexibility index (Phi) is 3.41. The minimum Gasteiger partial charge on any atom is -0.323 e. The molecule has 0 saturated carbocycles. The number of rotatable bonds is 3. The highest BCUT2D eigenvalue weighted by Gasteiger charge is 2.35. The molecule has 0 aromatic carbocycles. The number of aromatic nitrogens is 3. The van der Waals surface area contributed by atoms with E-state index >= 15 is 0 Å². The van der Waals surface area contributed by atoms with Crippen molar-refractivity contribution in [1.82, 2.24) is 20.1 Å². The average molecular weight is 287 g/mol. The molecule has 6 nitrogen and oxygen atoms in total. The number of anilines is 1. The molecule has 2 aromatic heterocycles. The van der Waals surface area contributed by atoms with Crippen LogP contribution in [-0.4, -0.2) is 32.8 Å². The second-order valence-corrected chi connectivity index (χ2v) is 6.14. The maximum absolute atomic E-state index is 12.4. The van der Waals surface area contributed by atoms with Crippen molar-refractivity contribution in [2.75, 3.05) is 11.9 Å². The fourth-order valence-electron chi connectivity index (χ4n) is 2.74. The lowest BCUT2D eigenvalue weighted by atomic mass is 9.99. The van der Waals surface area contributed by atoms with Gasteiger partial charge in [-0.2, -0.15) is 5.10 Å². The molecule has 6 heteroatoms. The monoisotopic (exact) mass is 287 g/mol. The average Bonchev–Trinajstić information content (AvgIpc) is 3.05. The van der Waals surface area contributed by atoms with Crippen LogP contribution in [0.3, 0.4) is 0 Å². The standard InChI is InChI=1S/C15H21N5O/c1-10(2)20-13-11(8-18-20)7-12(9-16-13)19-14(21)15(3)5-4-6-17-15/h7-10,17H,4-6H2,1-3H3,(H,19,21). The molecule has 2 N–H and O–H groups in total. The first-order valence-corrected chi connectivity index (χ1v) is 7.39. The third-order valence-electron chi connectivity index (χ3n) is 4.05. The van der Waals surface area contributed by atoms with Crippen molar-refractivity contribution in [1.29, 1.82) is 0 Å². The van der Waals surface area contributed by atoms with Gasteiger partial charge in [0.05, 0.1) is 23.6 Å². The van der Waals surface area contributed by atoms with E-state index < -0.39 is 5.54 Å². The van der Waals surface area contributed by atoms with Gasteiger partial charge >= 0.3 is 0 Å². The molecular formula is C15H21N5O. The molecule has 1 aliphatic heterocycles. The van der Waals surface area contributed by atoms with Crippen LogP contribution in [0.4, 0.5) is 5.69 Å². The van der Waals surface area contributed by atoms with Gasteiger partial charge in [0.2, 0.25) is 5.91 Å². The van der Waals surface area contributed by atoms with E-state index in [2.05, 4.69) is 34.6 Å². The first-order chi connectivity index (χ1) is 9.99. The fourth-order valence-corrected chi connectivity index (χ4v) is 2.74. The Balaban J connectivity index is 1.83. The van der Waals surface area contributed by atoms with Gasteiger partial charge in [0, 0.05) is 11.4 Å². The lowest BCUT2D eigenvalue weighted by Crippen LogP contribution is -2.47. The Morgan fingerprint density at radius 2 is 2.29 bits per heavy atom. The number of carbonyl (C=O) groups excluding carboxylic acids is 1. The van der Waals surface area contributed by atoms with E-state index in [4.69, 9.17) is 0 Å². The molecule has 21 heavy (non-hydrogen) atoms. The highest BCUT2D eigenvalue weighted by molar-refractivity contribution is 5.99. The molecule has 0 aliphatic carbocycles. The summed E-state index contributed by atoms with van der Waals surface area (Å²) in [7, 11) is 0. The second-order valence-electron chi connectivity index (χ2n) is 6.14. The van der Waals surface area contributed by atoms with Gasteiger partial charge < -0.3 is 10.6 Å². The minimum atomic E-state index is -0.475. The van der Waals surface area contributed by atoms with Crippen molar-refractivity contribution in [3.05, 3.63) is 18.5 Å². The predicted octanol–water partition coefficient (Wildman–Crippen LogP) is 2.09. The van der Waals surface area contributed by atoms with Gasteiger partial charge in [-0.3, -0.25) is 4.79 Å². The number of nitrogens with one attached hydrogen (secondary N) is 2. The van der Waals surface area contributed by atoms with Crippen molar-refractivity contribution in [3.63, 3.8) is 0 Å². The maximum atomic E-state index is 12.4. The van der Waals surface area contributed by atoms with E-state index in [0.29, 0.717) is 5.69 Å². The van der Waals surface area contributed by atoms with Gasteiger partial charge in [0.15, 0.2) is 5.65 Å². The van der Waals surface area contributed by atoms with Crippen LogP contribution in [0.1, 0.15) is 39.7 Å². The van der Waals surface area contributed by atoms with Crippen LogP contribution in [0.15, 0.2) is 18.5 Å². The number of fused-ring (bicyclic) bond motifs is 1. The number of nitrogens with zero attached hydrogens (tertiary/aromatic N) is 3. The summed E-state index contributed by atoms with van der Waals surface area (Å²) in [5.41, 5.74) is 1.08. The van der Waals surface area contributed by atoms with Gasteiger partial charge in [-0.05, 0) is 46.2 Å². The summed E-state index contributed by atoms with van der Waals surface area (Å²) in [6, 6.07) is 2.18. The normalized spacial score (nSPS) is 22.1. The zero-order valence-corrected chi connectivity index (χ0v) is 12.7. The SMILES string of the molecule is CC(C)n1ncc2cc(NC(=O)C3(C)CCCN3)cnc21. The molecule has 1 fully saturated rings.